The van der Waals surface area contributed by atoms with Crippen molar-refractivity contribution < 1.29 is 14.6 Å². The fourth-order valence-corrected chi connectivity index (χ4v) is 2.13. The number of carbonyl (C=O) groups excluding carboxylic acids is 1. The predicted molar refractivity (Wildman–Crippen MR) is 68.0 cm³/mol. The van der Waals surface area contributed by atoms with E-state index in [0.717, 1.165) is 6.54 Å². The lowest BCUT2D eigenvalue weighted by Crippen LogP contribution is -2.43. The van der Waals surface area contributed by atoms with Gasteiger partial charge in [0.1, 0.15) is 5.75 Å². The minimum atomic E-state index is -0.229. The molecule has 5 nitrogen and oxygen atoms in total. The summed E-state index contributed by atoms with van der Waals surface area (Å²) in [6.45, 7) is 1.40. The molecule has 2 atom stereocenters. The topological polar surface area (TPSA) is 70.6 Å². The summed E-state index contributed by atoms with van der Waals surface area (Å²) in [6.07, 6.45) is -0.0264. The van der Waals surface area contributed by atoms with Crippen LogP contribution in [-0.2, 0) is 4.74 Å². The van der Waals surface area contributed by atoms with Crippen LogP contribution in [-0.4, -0.2) is 43.4 Å². The summed E-state index contributed by atoms with van der Waals surface area (Å²) in [5, 5.41) is 15.5. The molecule has 0 spiro atoms. The number of hydrogen-bond donors (Lipinski definition) is 3. The van der Waals surface area contributed by atoms with Gasteiger partial charge in [-0.05, 0) is 18.2 Å². The minimum Gasteiger partial charge on any atom is -0.506 e. The molecule has 0 saturated carbocycles. The predicted octanol–water partition coefficient (Wildman–Crippen LogP) is 0.762. The molecule has 1 fully saturated rings. The second-order valence-corrected chi connectivity index (χ2v) is 4.59. The van der Waals surface area contributed by atoms with E-state index in [9.17, 15) is 9.90 Å². The fourth-order valence-electron chi connectivity index (χ4n) is 1.95. The Hall–Kier alpha value is -1.30. The number of nitrogens with one attached hydrogen (secondary N) is 2. The molecule has 1 aromatic carbocycles. The summed E-state index contributed by atoms with van der Waals surface area (Å²) < 4.78 is 5.26. The Labute approximate surface area is 110 Å². The van der Waals surface area contributed by atoms with Gasteiger partial charge in [0.25, 0.3) is 5.91 Å². The van der Waals surface area contributed by atoms with E-state index in [-0.39, 0.29) is 28.8 Å². The molecule has 2 rings (SSSR count). The average Bonchev–Trinajstić information content (AvgIpc) is 2.79. The number of ether oxygens (including phenoxy) is 1. The number of halogens is 1. The molecule has 0 aliphatic carbocycles. The van der Waals surface area contributed by atoms with E-state index in [4.69, 9.17) is 16.3 Å². The second-order valence-electron chi connectivity index (χ2n) is 4.18. The van der Waals surface area contributed by atoms with Gasteiger partial charge in [0.05, 0.1) is 17.2 Å². The summed E-state index contributed by atoms with van der Waals surface area (Å²) in [4.78, 5) is 12.0. The van der Waals surface area contributed by atoms with Crippen LogP contribution in [0, 0.1) is 0 Å². The summed E-state index contributed by atoms with van der Waals surface area (Å²) in [5.41, 5.74) is 0.416. The molecule has 6 heteroatoms. The Bertz CT molecular complexity index is 453. The number of hydrogen-bond acceptors (Lipinski definition) is 4. The van der Waals surface area contributed by atoms with E-state index >= 15 is 0 Å². The monoisotopic (exact) mass is 270 g/mol. The van der Waals surface area contributed by atoms with E-state index in [0.29, 0.717) is 12.1 Å². The number of amides is 1. The largest absolute Gasteiger partial charge is 0.506 e. The van der Waals surface area contributed by atoms with Crippen molar-refractivity contribution in [2.75, 3.05) is 20.2 Å². The molecule has 1 amide bonds. The molecule has 1 aliphatic rings. The number of phenolic OH excluding ortho intramolecular Hbond substituents is 1. The highest BCUT2D eigenvalue weighted by Crippen LogP contribution is 2.23. The Balaban J connectivity index is 2.05. The van der Waals surface area contributed by atoms with Crippen molar-refractivity contribution >= 4 is 17.5 Å². The van der Waals surface area contributed by atoms with Crippen molar-refractivity contribution in [2.24, 2.45) is 0 Å². The molecule has 18 heavy (non-hydrogen) atoms. The first-order valence-electron chi connectivity index (χ1n) is 5.64. The van der Waals surface area contributed by atoms with Crippen molar-refractivity contribution in [3.8, 4) is 5.75 Å². The smallest absolute Gasteiger partial charge is 0.251 e. The summed E-state index contributed by atoms with van der Waals surface area (Å²) in [6, 6.07) is 4.31. The van der Waals surface area contributed by atoms with Crippen LogP contribution in [0.5, 0.6) is 5.75 Å². The molecule has 0 radical (unpaired) electrons. The van der Waals surface area contributed by atoms with Crippen molar-refractivity contribution in [1.82, 2.24) is 10.6 Å². The Morgan fingerprint density at radius 2 is 2.33 bits per heavy atom. The molecule has 3 N–H and O–H groups in total. The Kier molecular flexibility index (Phi) is 4.06. The van der Waals surface area contributed by atoms with Gasteiger partial charge in [-0.1, -0.05) is 11.6 Å². The number of aromatic hydroxyl groups is 1. The highest BCUT2D eigenvalue weighted by atomic mass is 35.5. The second kappa shape index (κ2) is 5.56. The van der Waals surface area contributed by atoms with Crippen molar-refractivity contribution in [1.29, 1.82) is 0 Å². The summed E-state index contributed by atoms with van der Waals surface area (Å²) in [7, 11) is 1.62. The first-order valence-corrected chi connectivity index (χ1v) is 6.02. The zero-order valence-electron chi connectivity index (χ0n) is 9.94. The number of phenols is 1. The van der Waals surface area contributed by atoms with E-state index in [1.54, 1.807) is 7.11 Å². The lowest BCUT2D eigenvalue weighted by molar-refractivity contribution is 0.0780. The van der Waals surface area contributed by atoms with Crippen LogP contribution < -0.4 is 10.6 Å². The van der Waals surface area contributed by atoms with E-state index in [2.05, 4.69) is 10.6 Å². The maximum atomic E-state index is 12.0. The molecule has 1 saturated heterocycles. The normalized spacial score (nSPS) is 23.0. The van der Waals surface area contributed by atoms with Gasteiger partial charge in [0.15, 0.2) is 0 Å². The molecular formula is C12H15ClN2O3. The van der Waals surface area contributed by atoms with Gasteiger partial charge in [0, 0.05) is 25.8 Å². The number of benzene rings is 1. The number of methoxy groups -OCH3 is 1. The molecule has 0 aromatic heterocycles. The van der Waals surface area contributed by atoms with Crippen molar-refractivity contribution in [3.05, 3.63) is 28.8 Å². The molecule has 1 heterocycles. The van der Waals surface area contributed by atoms with E-state index < -0.39 is 0 Å². The minimum absolute atomic E-state index is 0.0264. The zero-order valence-corrected chi connectivity index (χ0v) is 10.7. The summed E-state index contributed by atoms with van der Waals surface area (Å²) >= 11 is 5.76. The van der Waals surface area contributed by atoms with Crippen LogP contribution in [0.3, 0.4) is 0 Å². The third kappa shape index (κ3) is 2.75. The average molecular weight is 271 g/mol. The number of carbonyl (C=O) groups is 1. The van der Waals surface area contributed by atoms with Gasteiger partial charge < -0.3 is 20.5 Å². The van der Waals surface area contributed by atoms with Gasteiger partial charge in [-0.15, -0.1) is 0 Å². The zero-order chi connectivity index (χ0) is 13.1. The van der Waals surface area contributed by atoms with Crippen LogP contribution in [0.25, 0.3) is 0 Å². The molecule has 1 aliphatic heterocycles. The maximum Gasteiger partial charge on any atom is 0.251 e. The Morgan fingerprint density at radius 1 is 1.56 bits per heavy atom. The van der Waals surface area contributed by atoms with Crippen LogP contribution in [0.4, 0.5) is 0 Å². The van der Waals surface area contributed by atoms with Gasteiger partial charge in [-0.25, -0.2) is 0 Å². The SMILES string of the molecule is CO[C@@H]1CNCC1NC(=O)c1ccc(O)c(Cl)c1. The van der Waals surface area contributed by atoms with Crippen LogP contribution >= 0.6 is 11.6 Å². The van der Waals surface area contributed by atoms with Gasteiger partial charge in [-0.3, -0.25) is 4.79 Å². The van der Waals surface area contributed by atoms with Crippen LogP contribution in [0.15, 0.2) is 18.2 Å². The van der Waals surface area contributed by atoms with Crippen LogP contribution in [0.2, 0.25) is 5.02 Å². The van der Waals surface area contributed by atoms with Gasteiger partial charge in [-0.2, -0.15) is 0 Å². The highest BCUT2D eigenvalue weighted by molar-refractivity contribution is 6.32. The third-order valence-electron chi connectivity index (χ3n) is 2.99. The first-order chi connectivity index (χ1) is 8.61. The number of rotatable bonds is 3. The van der Waals surface area contributed by atoms with Crippen LogP contribution in [0.1, 0.15) is 10.4 Å². The van der Waals surface area contributed by atoms with Crippen molar-refractivity contribution in [2.45, 2.75) is 12.1 Å². The third-order valence-corrected chi connectivity index (χ3v) is 3.29. The lowest BCUT2D eigenvalue weighted by atomic mass is 10.1. The maximum absolute atomic E-state index is 12.0. The summed E-state index contributed by atoms with van der Waals surface area (Å²) in [5.74, 6) is -0.266. The van der Waals surface area contributed by atoms with E-state index in [1.807, 2.05) is 0 Å². The molecular weight excluding hydrogens is 256 g/mol. The highest BCUT2D eigenvalue weighted by Gasteiger charge is 2.28. The first kappa shape index (κ1) is 13.1. The molecule has 0 bridgehead atoms. The van der Waals surface area contributed by atoms with Crippen molar-refractivity contribution in [3.63, 3.8) is 0 Å². The Morgan fingerprint density at radius 3 is 3.00 bits per heavy atom. The van der Waals surface area contributed by atoms with E-state index in [1.165, 1.54) is 18.2 Å². The molecule has 1 aromatic rings. The lowest BCUT2D eigenvalue weighted by Gasteiger charge is -2.18. The fraction of sp³-hybridized carbons (Fsp3) is 0.417. The molecule has 98 valence electrons. The molecule has 1 unspecified atom stereocenters. The standard InChI is InChI=1S/C12H15ClN2O3/c1-18-11-6-14-5-9(11)15-12(17)7-2-3-10(16)8(13)4-7/h2-4,9,11,14,16H,5-6H2,1H3,(H,15,17)/t9?,11-/m1/s1. The van der Waals surface area contributed by atoms with Gasteiger partial charge in [0.2, 0.25) is 0 Å². The van der Waals surface area contributed by atoms with Gasteiger partial charge >= 0.3 is 0 Å². The quantitative estimate of drug-likeness (QED) is 0.759.